The van der Waals surface area contributed by atoms with Crippen molar-refractivity contribution in [1.82, 2.24) is 4.90 Å². The highest BCUT2D eigenvalue weighted by molar-refractivity contribution is 5.72. The molecule has 3 nitrogen and oxygen atoms in total. The number of carbonyl (C=O) groups excluding carboxylic acids is 1. The Hall–Kier alpha value is -0.730. The first-order chi connectivity index (χ1) is 5.11. The summed E-state index contributed by atoms with van der Waals surface area (Å²) in [5.74, 6) is 1.32. The Balaban J connectivity index is 2.41. The van der Waals surface area contributed by atoms with Crippen molar-refractivity contribution >= 4 is 6.03 Å². The quantitative estimate of drug-likeness (QED) is 0.606. The molecule has 0 spiro atoms. The summed E-state index contributed by atoms with van der Waals surface area (Å²) < 4.78 is 0. The van der Waals surface area contributed by atoms with E-state index in [1.54, 1.807) is 4.90 Å². The molecular formula is C8H16N2O. The Morgan fingerprint density at radius 1 is 1.64 bits per heavy atom. The Bertz CT molecular complexity index is 156. The topological polar surface area (TPSA) is 46.3 Å². The van der Waals surface area contributed by atoms with Crippen molar-refractivity contribution in [1.29, 1.82) is 0 Å². The van der Waals surface area contributed by atoms with Gasteiger partial charge in [0.1, 0.15) is 0 Å². The lowest BCUT2D eigenvalue weighted by Gasteiger charge is -2.15. The maximum Gasteiger partial charge on any atom is 0.314 e. The van der Waals surface area contributed by atoms with E-state index in [1.165, 1.54) is 0 Å². The van der Waals surface area contributed by atoms with Crippen molar-refractivity contribution in [2.75, 3.05) is 13.1 Å². The number of carbonyl (C=O) groups is 1. The lowest BCUT2D eigenvalue weighted by molar-refractivity contribution is 0.215. The standard InChI is InChI=1S/C8H16N2O/c1-6(2)7-3-4-10(5-7)8(9)11/h6-7H,3-5H2,1-2H3,(H2,9,11). The minimum Gasteiger partial charge on any atom is -0.351 e. The third kappa shape index (κ3) is 1.85. The number of primary amides is 1. The van der Waals surface area contributed by atoms with Gasteiger partial charge in [0.05, 0.1) is 0 Å². The monoisotopic (exact) mass is 156 g/mol. The molecule has 0 saturated carbocycles. The number of rotatable bonds is 1. The molecule has 0 bridgehead atoms. The third-order valence-corrected chi connectivity index (χ3v) is 2.48. The lowest BCUT2D eigenvalue weighted by atomic mass is 9.95. The van der Waals surface area contributed by atoms with Crippen molar-refractivity contribution in [2.45, 2.75) is 20.3 Å². The molecule has 0 radical (unpaired) electrons. The molecule has 0 aromatic heterocycles. The van der Waals surface area contributed by atoms with Crippen LogP contribution in [0.1, 0.15) is 20.3 Å². The molecule has 0 aliphatic carbocycles. The Labute approximate surface area is 67.5 Å². The van der Waals surface area contributed by atoms with Gasteiger partial charge in [0.25, 0.3) is 0 Å². The van der Waals surface area contributed by atoms with E-state index in [0.29, 0.717) is 11.8 Å². The number of nitrogens with two attached hydrogens (primary N) is 1. The summed E-state index contributed by atoms with van der Waals surface area (Å²) in [6.07, 6.45) is 1.11. The van der Waals surface area contributed by atoms with Crippen LogP contribution in [0.2, 0.25) is 0 Å². The molecule has 0 aromatic rings. The third-order valence-electron chi connectivity index (χ3n) is 2.48. The summed E-state index contributed by atoms with van der Waals surface area (Å²) in [4.78, 5) is 12.4. The summed E-state index contributed by atoms with van der Waals surface area (Å²) in [5.41, 5.74) is 5.15. The first-order valence-electron chi connectivity index (χ1n) is 4.15. The second-order valence-corrected chi connectivity index (χ2v) is 3.58. The molecule has 11 heavy (non-hydrogen) atoms. The van der Waals surface area contributed by atoms with Crippen molar-refractivity contribution in [3.05, 3.63) is 0 Å². The second-order valence-electron chi connectivity index (χ2n) is 3.58. The maximum atomic E-state index is 10.7. The first kappa shape index (κ1) is 8.37. The smallest absolute Gasteiger partial charge is 0.314 e. The van der Waals surface area contributed by atoms with Crippen LogP contribution in [0, 0.1) is 11.8 Å². The van der Waals surface area contributed by atoms with E-state index in [2.05, 4.69) is 13.8 Å². The largest absolute Gasteiger partial charge is 0.351 e. The van der Waals surface area contributed by atoms with Crippen molar-refractivity contribution in [2.24, 2.45) is 17.6 Å². The Morgan fingerprint density at radius 2 is 2.27 bits per heavy atom. The molecule has 1 aliphatic heterocycles. The molecule has 2 amide bonds. The van der Waals surface area contributed by atoms with Gasteiger partial charge in [-0.2, -0.15) is 0 Å². The fraction of sp³-hybridized carbons (Fsp3) is 0.875. The van der Waals surface area contributed by atoms with Crippen LogP contribution >= 0.6 is 0 Å². The van der Waals surface area contributed by atoms with Gasteiger partial charge in [-0.3, -0.25) is 0 Å². The van der Waals surface area contributed by atoms with Gasteiger partial charge in [0, 0.05) is 13.1 Å². The average molecular weight is 156 g/mol. The predicted octanol–water partition coefficient (Wildman–Crippen LogP) is 1.04. The van der Waals surface area contributed by atoms with Gasteiger partial charge in [-0.05, 0) is 18.3 Å². The van der Waals surface area contributed by atoms with Crippen LogP contribution < -0.4 is 5.73 Å². The molecule has 1 rings (SSSR count). The molecule has 64 valence electrons. The van der Waals surface area contributed by atoms with E-state index in [9.17, 15) is 4.79 Å². The van der Waals surface area contributed by atoms with Gasteiger partial charge >= 0.3 is 6.03 Å². The molecule has 0 aromatic carbocycles. The van der Waals surface area contributed by atoms with Crippen LogP contribution in [0.25, 0.3) is 0 Å². The van der Waals surface area contributed by atoms with Gasteiger partial charge in [-0.25, -0.2) is 4.79 Å². The number of likely N-dealkylation sites (tertiary alicyclic amines) is 1. The van der Waals surface area contributed by atoms with Crippen LogP contribution in [-0.2, 0) is 0 Å². The van der Waals surface area contributed by atoms with Crippen LogP contribution in [0.5, 0.6) is 0 Å². The number of amides is 2. The van der Waals surface area contributed by atoms with Crippen LogP contribution in [0.3, 0.4) is 0 Å². The highest BCUT2D eigenvalue weighted by Crippen LogP contribution is 2.22. The first-order valence-corrected chi connectivity index (χ1v) is 4.15. The van der Waals surface area contributed by atoms with E-state index in [1.807, 2.05) is 0 Å². The van der Waals surface area contributed by atoms with Crippen molar-refractivity contribution in [3.8, 4) is 0 Å². The highest BCUT2D eigenvalue weighted by atomic mass is 16.2. The molecule has 1 heterocycles. The number of hydrogen-bond acceptors (Lipinski definition) is 1. The number of nitrogens with zero attached hydrogens (tertiary/aromatic N) is 1. The average Bonchev–Trinajstić information content (AvgIpc) is 2.33. The van der Waals surface area contributed by atoms with Gasteiger partial charge in [-0.15, -0.1) is 0 Å². The minimum atomic E-state index is -0.270. The Kier molecular flexibility index (Phi) is 2.37. The molecule has 3 heteroatoms. The van der Waals surface area contributed by atoms with Crippen LogP contribution in [0.15, 0.2) is 0 Å². The van der Waals surface area contributed by atoms with Crippen LogP contribution in [0.4, 0.5) is 4.79 Å². The fourth-order valence-electron chi connectivity index (χ4n) is 1.53. The van der Waals surface area contributed by atoms with E-state index in [4.69, 9.17) is 5.73 Å². The highest BCUT2D eigenvalue weighted by Gasteiger charge is 2.26. The molecule has 2 N–H and O–H groups in total. The zero-order valence-electron chi connectivity index (χ0n) is 7.21. The summed E-state index contributed by atoms with van der Waals surface area (Å²) in [6, 6.07) is -0.270. The van der Waals surface area contributed by atoms with E-state index < -0.39 is 0 Å². The van der Waals surface area contributed by atoms with E-state index in [-0.39, 0.29) is 6.03 Å². The van der Waals surface area contributed by atoms with Crippen molar-refractivity contribution < 1.29 is 4.79 Å². The summed E-state index contributed by atoms with van der Waals surface area (Å²) in [5, 5.41) is 0. The van der Waals surface area contributed by atoms with Gasteiger partial charge in [-0.1, -0.05) is 13.8 Å². The van der Waals surface area contributed by atoms with Gasteiger partial charge in [0.2, 0.25) is 0 Å². The summed E-state index contributed by atoms with van der Waals surface area (Å²) >= 11 is 0. The normalized spacial score (nSPS) is 24.6. The SMILES string of the molecule is CC(C)C1CCN(C(N)=O)C1. The molecule has 1 saturated heterocycles. The maximum absolute atomic E-state index is 10.7. The Morgan fingerprint density at radius 3 is 2.55 bits per heavy atom. The van der Waals surface area contributed by atoms with Gasteiger partial charge in [0.15, 0.2) is 0 Å². The zero-order valence-corrected chi connectivity index (χ0v) is 7.21. The lowest BCUT2D eigenvalue weighted by Crippen LogP contribution is -2.33. The van der Waals surface area contributed by atoms with E-state index in [0.717, 1.165) is 19.5 Å². The molecule has 1 unspecified atom stereocenters. The minimum absolute atomic E-state index is 0.270. The van der Waals surface area contributed by atoms with Gasteiger partial charge < -0.3 is 10.6 Å². The van der Waals surface area contributed by atoms with Crippen molar-refractivity contribution in [3.63, 3.8) is 0 Å². The summed E-state index contributed by atoms with van der Waals surface area (Å²) in [6.45, 7) is 6.08. The molecule has 1 fully saturated rings. The fourth-order valence-corrected chi connectivity index (χ4v) is 1.53. The predicted molar refractivity (Wildman–Crippen MR) is 44.1 cm³/mol. The molecule has 1 aliphatic rings. The zero-order chi connectivity index (χ0) is 8.43. The molecular weight excluding hydrogens is 140 g/mol. The number of urea groups is 1. The van der Waals surface area contributed by atoms with Crippen LogP contribution in [-0.4, -0.2) is 24.0 Å². The summed E-state index contributed by atoms with van der Waals surface area (Å²) in [7, 11) is 0. The molecule has 1 atom stereocenters. The number of hydrogen-bond donors (Lipinski definition) is 1. The van der Waals surface area contributed by atoms with E-state index >= 15 is 0 Å². The second kappa shape index (κ2) is 3.11.